The number of carbonyl (C=O) groups excluding carboxylic acids is 3. The lowest BCUT2D eigenvalue weighted by molar-refractivity contribution is -0.115. The van der Waals surface area contributed by atoms with E-state index in [2.05, 4.69) is 5.32 Å². The normalized spacial score (nSPS) is 14.1. The van der Waals surface area contributed by atoms with E-state index < -0.39 is 0 Å². The molecule has 1 aliphatic rings. The van der Waals surface area contributed by atoms with Crippen LogP contribution >= 0.6 is 11.8 Å². The number of unbranched alkanes of at least 4 members (excludes halogenated alkanes) is 1. The third-order valence-electron chi connectivity index (χ3n) is 5.56. The molecule has 1 heterocycles. The van der Waals surface area contributed by atoms with Gasteiger partial charge in [-0.25, -0.2) is 0 Å². The number of methoxy groups -OCH3 is 1. The Kier molecular flexibility index (Phi) is 9.37. The van der Waals surface area contributed by atoms with E-state index in [0.717, 1.165) is 47.2 Å². The molecule has 2 amide bonds. The highest BCUT2D eigenvalue weighted by molar-refractivity contribution is 8.18. The number of hydrogen-bond donors (Lipinski definition) is 1. The molecule has 0 spiro atoms. The van der Waals surface area contributed by atoms with Crippen molar-refractivity contribution in [1.29, 1.82) is 0 Å². The van der Waals surface area contributed by atoms with Gasteiger partial charge in [-0.05, 0) is 84.3 Å². The molecular weight excluding hydrogens is 502 g/mol. The van der Waals surface area contributed by atoms with Crippen molar-refractivity contribution < 1.29 is 28.6 Å². The van der Waals surface area contributed by atoms with E-state index in [1.165, 1.54) is 0 Å². The minimum Gasteiger partial charge on any atom is -0.497 e. The third kappa shape index (κ3) is 7.85. The minimum absolute atomic E-state index is 0.0966. The first-order valence-corrected chi connectivity index (χ1v) is 12.9. The molecule has 38 heavy (non-hydrogen) atoms. The molecule has 7 nitrogen and oxygen atoms in total. The fraction of sp³-hybridized carbons (Fsp3) is 0.167. The Bertz CT molecular complexity index is 1350. The molecule has 194 valence electrons. The summed E-state index contributed by atoms with van der Waals surface area (Å²) in [5.41, 5.74) is 2.29. The fourth-order valence-corrected chi connectivity index (χ4v) is 4.22. The molecule has 1 fully saturated rings. The molecule has 0 radical (unpaired) electrons. The van der Waals surface area contributed by atoms with Gasteiger partial charge in [0.1, 0.15) is 17.2 Å². The van der Waals surface area contributed by atoms with Crippen LogP contribution in [0.1, 0.15) is 34.3 Å². The highest BCUT2D eigenvalue weighted by Crippen LogP contribution is 2.26. The van der Waals surface area contributed by atoms with Gasteiger partial charge in [-0.1, -0.05) is 42.5 Å². The monoisotopic (exact) mass is 529 g/mol. The van der Waals surface area contributed by atoms with Crippen molar-refractivity contribution in [2.24, 2.45) is 0 Å². The fourth-order valence-electron chi connectivity index (χ4n) is 3.54. The summed E-state index contributed by atoms with van der Waals surface area (Å²) in [6.07, 6.45) is 6.59. The van der Waals surface area contributed by atoms with Gasteiger partial charge in [0.2, 0.25) is 0 Å². The molecule has 1 N–H and O–H groups in total. The van der Waals surface area contributed by atoms with Crippen molar-refractivity contribution in [2.75, 3.05) is 20.3 Å². The molecule has 0 aliphatic carbocycles. The van der Waals surface area contributed by atoms with E-state index >= 15 is 0 Å². The standard InChI is InChI=1S/C30H27NO6S/c1-35-24-12-7-21(8-13-24)11-16-27(32)23-5-4-6-26(20-23)37-18-3-2-17-36-25-14-9-22(10-15-25)19-28-29(33)31-30(34)38-28/h4-16,19-20H,2-3,17-18H2,1H3,(H,31,33,34)/b16-11+,28-19+. The summed E-state index contributed by atoms with van der Waals surface area (Å²) in [5, 5.41) is 1.88. The zero-order valence-corrected chi connectivity index (χ0v) is 21.7. The van der Waals surface area contributed by atoms with Crippen molar-refractivity contribution in [1.82, 2.24) is 5.32 Å². The van der Waals surface area contributed by atoms with Crippen LogP contribution in [0.2, 0.25) is 0 Å². The number of nitrogens with one attached hydrogen (secondary N) is 1. The van der Waals surface area contributed by atoms with Crippen molar-refractivity contribution in [3.8, 4) is 17.2 Å². The van der Waals surface area contributed by atoms with Gasteiger partial charge < -0.3 is 14.2 Å². The van der Waals surface area contributed by atoms with Crippen LogP contribution in [0.15, 0.2) is 83.8 Å². The number of carbonyl (C=O) groups is 3. The zero-order chi connectivity index (χ0) is 26.7. The number of thioether (sulfide) groups is 1. The average Bonchev–Trinajstić information content (AvgIpc) is 3.26. The molecule has 8 heteroatoms. The molecular formula is C30H27NO6S. The summed E-state index contributed by atoms with van der Waals surface area (Å²) in [7, 11) is 1.61. The summed E-state index contributed by atoms with van der Waals surface area (Å²) in [6.45, 7) is 1.04. The van der Waals surface area contributed by atoms with Crippen molar-refractivity contribution in [3.05, 3.63) is 100 Å². The molecule has 4 rings (SSSR count). The van der Waals surface area contributed by atoms with Crippen LogP contribution < -0.4 is 19.5 Å². The largest absolute Gasteiger partial charge is 0.497 e. The van der Waals surface area contributed by atoms with Gasteiger partial charge in [-0.3, -0.25) is 19.7 Å². The lowest BCUT2D eigenvalue weighted by Gasteiger charge is -2.09. The molecule has 0 unspecified atom stereocenters. The Hall–Kier alpha value is -4.30. The molecule has 1 aliphatic heterocycles. The van der Waals surface area contributed by atoms with Gasteiger partial charge >= 0.3 is 0 Å². The highest BCUT2D eigenvalue weighted by atomic mass is 32.2. The second kappa shape index (κ2) is 13.3. The second-order valence-corrected chi connectivity index (χ2v) is 9.34. The van der Waals surface area contributed by atoms with E-state index in [9.17, 15) is 14.4 Å². The van der Waals surface area contributed by atoms with Crippen LogP contribution in [0.25, 0.3) is 12.2 Å². The molecule has 3 aromatic rings. The molecule has 0 aromatic heterocycles. The van der Waals surface area contributed by atoms with Crippen LogP contribution in [0, 0.1) is 0 Å². The summed E-state index contributed by atoms with van der Waals surface area (Å²) < 4.78 is 16.7. The summed E-state index contributed by atoms with van der Waals surface area (Å²) in [6, 6.07) is 22.0. The molecule has 0 atom stereocenters. The lowest BCUT2D eigenvalue weighted by atomic mass is 10.1. The Morgan fingerprint density at radius 1 is 0.842 bits per heavy atom. The van der Waals surface area contributed by atoms with Gasteiger partial charge in [0.05, 0.1) is 25.2 Å². The van der Waals surface area contributed by atoms with Gasteiger partial charge in [0.15, 0.2) is 5.78 Å². The van der Waals surface area contributed by atoms with Crippen LogP contribution in [-0.4, -0.2) is 37.3 Å². The van der Waals surface area contributed by atoms with Gasteiger partial charge in [0, 0.05) is 5.56 Å². The maximum Gasteiger partial charge on any atom is 0.290 e. The number of imide groups is 1. The second-order valence-electron chi connectivity index (χ2n) is 8.32. The van der Waals surface area contributed by atoms with E-state index in [-0.39, 0.29) is 16.9 Å². The number of ketones is 1. The predicted octanol–water partition coefficient (Wildman–Crippen LogP) is 6.15. The Labute approximate surface area is 225 Å². The first kappa shape index (κ1) is 26.8. The first-order valence-electron chi connectivity index (χ1n) is 12.1. The number of ether oxygens (including phenoxy) is 3. The smallest absolute Gasteiger partial charge is 0.290 e. The SMILES string of the molecule is COc1ccc(/C=C/C(=O)c2cccc(OCCCCOc3ccc(/C=C4/SC(=O)NC4=O)cc3)c2)cc1. The molecule has 1 saturated heterocycles. The van der Waals surface area contributed by atoms with Crippen LogP contribution in [0.3, 0.4) is 0 Å². The topological polar surface area (TPSA) is 90.9 Å². The highest BCUT2D eigenvalue weighted by Gasteiger charge is 2.24. The lowest BCUT2D eigenvalue weighted by Crippen LogP contribution is -2.17. The third-order valence-corrected chi connectivity index (χ3v) is 6.37. The predicted molar refractivity (Wildman–Crippen MR) is 149 cm³/mol. The number of rotatable bonds is 12. The summed E-state index contributed by atoms with van der Waals surface area (Å²) >= 11 is 0.892. The zero-order valence-electron chi connectivity index (χ0n) is 20.8. The average molecular weight is 530 g/mol. The quantitative estimate of drug-likeness (QED) is 0.171. The van der Waals surface area contributed by atoms with Crippen LogP contribution in [0.4, 0.5) is 4.79 Å². The van der Waals surface area contributed by atoms with Crippen molar-refractivity contribution in [2.45, 2.75) is 12.8 Å². The Morgan fingerprint density at radius 3 is 2.16 bits per heavy atom. The molecule has 0 saturated carbocycles. The van der Waals surface area contributed by atoms with E-state index in [1.807, 2.05) is 60.7 Å². The van der Waals surface area contributed by atoms with Gasteiger partial charge in [-0.2, -0.15) is 0 Å². The number of amides is 2. The minimum atomic E-state index is -0.373. The van der Waals surface area contributed by atoms with Gasteiger partial charge in [0.25, 0.3) is 11.1 Å². The van der Waals surface area contributed by atoms with E-state index in [4.69, 9.17) is 14.2 Å². The first-order chi connectivity index (χ1) is 18.5. The maximum absolute atomic E-state index is 12.6. The maximum atomic E-state index is 12.6. The summed E-state index contributed by atoms with van der Waals surface area (Å²) in [5.74, 6) is 1.67. The van der Waals surface area contributed by atoms with E-state index in [0.29, 0.717) is 29.4 Å². The molecule has 3 aromatic carbocycles. The number of allylic oxidation sites excluding steroid dienone is 1. The Morgan fingerprint density at radius 2 is 1.50 bits per heavy atom. The molecule has 0 bridgehead atoms. The summed E-state index contributed by atoms with van der Waals surface area (Å²) in [4.78, 5) is 35.8. The number of benzene rings is 3. The van der Waals surface area contributed by atoms with Crippen molar-refractivity contribution in [3.63, 3.8) is 0 Å². The van der Waals surface area contributed by atoms with Crippen LogP contribution in [0.5, 0.6) is 17.2 Å². The van der Waals surface area contributed by atoms with Crippen molar-refractivity contribution >= 4 is 40.8 Å². The number of hydrogen-bond acceptors (Lipinski definition) is 7. The Balaban J connectivity index is 1.17. The van der Waals surface area contributed by atoms with E-state index in [1.54, 1.807) is 37.5 Å². The van der Waals surface area contributed by atoms with Gasteiger partial charge in [-0.15, -0.1) is 0 Å². The van der Waals surface area contributed by atoms with Crippen LogP contribution in [-0.2, 0) is 4.79 Å².